The Balaban J connectivity index is 2.80. The van der Waals surface area contributed by atoms with E-state index in [0.717, 1.165) is 30.0 Å². The summed E-state index contributed by atoms with van der Waals surface area (Å²) in [5.41, 5.74) is 0.619. The van der Waals surface area contributed by atoms with Gasteiger partial charge in [-0.25, -0.2) is 0 Å². The van der Waals surface area contributed by atoms with Crippen molar-refractivity contribution in [1.82, 2.24) is 4.90 Å². The van der Waals surface area contributed by atoms with Crippen molar-refractivity contribution in [2.75, 3.05) is 27.8 Å². The first-order valence-corrected chi connectivity index (χ1v) is 6.28. The molecular weight excluding hydrogens is 240 g/mol. The van der Waals surface area contributed by atoms with Crippen molar-refractivity contribution < 1.29 is 9.47 Å². The first-order chi connectivity index (χ1) is 8.94. The average molecular weight is 262 g/mol. The summed E-state index contributed by atoms with van der Waals surface area (Å²) in [5.74, 6) is 1.67. The third-order valence-electron chi connectivity index (χ3n) is 3.43. The van der Waals surface area contributed by atoms with Gasteiger partial charge in [0.05, 0.1) is 20.3 Å². The topological polar surface area (TPSA) is 45.5 Å². The molecule has 0 aliphatic rings. The van der Waals surface area contributed by atoms with E-state index < -0.39 is 5.54 Å². The number of methoxy groups -OCH3 is 2. The monoisotopic (exact) mass is 262 g/mol. The Bertz CT molecular complexity index is 464. The molecule has 1 rings (SSSR count). The summed E-state index contributed by atoms with van der Waals surface area (Å²) >= 11 is 0. The highest BCUT2D eigenvalue weighted by atomic mass is 16.5. The standard InChI is InChI=1S/C15H22N2O2/c1-15(2,11-16)17(3)9-8-12-10-13(18-4)6-7-14(12)19-5/h6-7,10H,8-9H2,1-5H3. The molecule has 0 atom stereocenters. The summed E-state index contributed by atoms with van der Waals surface area (Å²) in [7, 11) is 5.26. The Morgan fingerprint density at radius 3 is 2.47 bits per heavy atom. The van der Waals surface area contributed by atoms with Gasteiger partial charge >= 0.3 is 0 Å². The third-order valence-corrected chi connectivity index (χ3v) is 3.43. The lowest BCUT2D eigenvalue weighted by molar-refractivity contribution is 0.213. The summed E-state index contributed by atoms with van der Waals surface area (Å²) in [6, 6.07) is 8.06. The molecule has 0 amide bonds. The van der Waals surface area contributed by atoms with E-state index in [2.05, 4.69) is 6.07 Å². The highest BCUT2D eigenvalue weighted by Crippen LogP contribution is 2.25. The van der Waals surface area contributed by atoms with Crippen LogP contribution in [0.25, 0.3) is 0 Å². The molecule has 0 unspecified atom stereocenters. The Morgan fingerprint density at radius 2 is 1.95 bits per heavy atom. The van der Waals surface area contributed by atoms with Gasteiger partial charge in [-0.1, -0.05) is 0 Å². The number of rotatable bonds is 6. The molecule has 0 bridgehead atoms. The van der Waals surface area contributed by atoms with E-state index in [1.165, 1.54) is 0 Å². The van der Waals surface area contributed by atoms with Crippen LogP contribution in [0.4, 0.5) is 0 Å². The second-order valence-corrected chi connectivity index (χ2v) is 5.02. The molecule has 0 saturated heterocycles. The van der Waals surface area contributed by atoms with Crippen LogP contribution in [0.1, 0.15) is 19.4 Å². The number of ether oxygens (including phenoxy) is 2. The number of benzene rings is 1. The van der Waals surface area contributed by atoms with Gasteiger partial charge in [-0.2, -0.15) is 5.26 Å². The zero-order valence-corrected chi connectivity index (χ0v) is 12.4. The molecule has 0 saturated carbocycles. The second kappa shape index (κ2) is 6.44. The fourth-order valence-electron chi connectivity index (χ4n) is 1.73. The number of hydrogen-bond donors (Lipinski definition) is 0. The SMILES string of the molecule is COc1ccc(OC)c(CCN(C)C(C)(C)C#N)c1. The molecule has 4 heteroatoms. The van der Waals surface area contributed by atoms with Crippen molar-refractivity contribution >= 4 is 0 Å². The van der Waals surface area contributed by atoms with E-state index >= 15 is 0 Å². The molecule has 0 heterocycles. The zero-order chi connectivity index (χ0) is 14.5. The van der Waals surface area contributed by atoms with Gasteiger partial charge in [0.2, 0.25) is 0 Å². The van der Waals surface area contributed by atoms with Gasteiger partial charge in [0.1, 0.15) is 17.0 Å². The summed E-state index contributed by atoms with van der Waals surface area (Å²) in [6.07, 6.45) is 0.808. The van der Waals surface area contributed by atoms with Crippen LogP contribution in [0.15, 0.2) is 18.2 Å². The first kappa shape index (κ1) is 15.3. The van der Waals surface area contributed by atoms with Gasteiger partial charge in [0.25, 0.3) is 0 Å². The molecule has 0 aromatic heterocycles. The largest absolute Gasteiger partial charge is 0.497 e. The van der Waals surface area contributed by atoms with E-state index in [1.54, 1.807) is 14.2 Å². The van der Waals surface area contributed by atoms with Crippen molar-refractivity contribution in [3.8, 4) is 17.6 Å². The van der Waals surface area contributed by atoms with Crippen molar-refractivity contribution in [3.63, 3.8) is 0 Å². The summed E-state index contributed by atoms with van der Waals surface area (Å²) in [4.78, 5) is 2.03. The predicted octanol–water partition coefficient (Wildman–Crippen LogP) is 2.48. The summed E-state index contributed by atoms with van der Waals surface area (Å²) in [6.45, 7) is 4.61. The lowest BCUT2D eigenvalue weighted by Crippen LogP contribution is -2.40. The molecule has 4 nitrogen and oxygen atoms in total. The van der Waals surface area contributed by atoms with Crippen molar-refractivity contribution in [2.45, 2.75) is 25.8 Å². The van der Waals surface area contributed by atoms with E-state index in [9.17, 15) is 0 Å². The summed E-state index contributed by atoms with van der Waals surface area (Å²) < 4.78 is 10.6. The quantitative estimate of drug-likeness (QED) is 0.790. The molecule has 104 valence electrons. The fourth-order valence-corrected chi connectivity index (χ4v) is 1.73. The molecular formula is C15H22N2O2. The van der Waals surface area contributed by atoms with Crippen molar-refractivity contribution in [3.05, 3.63) is 23.8 Å². The Hall–Kier alpha value is -1.73. The molecule has 0 aliphatic heterocycles. The van der Waals surface area contributed by atoms with Crippen LogP contribution in [0.5, 0.6) is 11.5 Å². The molecule has 1 aromatic rings. The molecule has 0 fully saturated rings. The van der Waals surface area contributed by atoms with Crippen LogP contribution < -0.4 is 9.47 Å². The van der Waals surface area contributed by atoms with Gasteiger partial charge in [0.15, 0.2) is 0 Å². The van der Waals surface area contributed by atoms with Gasteiger partial charge in [-0.05, 0) is 51.1 Å². The van der Waals surface area contributed by atoms with E-state index in [4.69, 9.17) is 14.7 Å². The average Bonchev–Trinajstić information content (AvgIpc) is 2.44. The number of nitrogens with zero attached hydrogens (tertiary/aromatic N) is 2. The highest BCUT2D eigenvalue weighted by Gasteiger charge is 2.22. The third kappa shape index (κ3) is 3.87. The Kier molecular flexibility index (Phi) is 5.20. The van der Waals surface area contributed by atoms with Crippen LogP contribution in [0, 0.1) is 11.3 Å². The van der Waals surface area contributed by atoms with Crippen LogP contribution in [-0.4, -0.2) is 38.3 Å². The van der Waals surface area contributed by atoms with Crippen molar-refractivity contribution in [2.24, 2.45) is 0 Å². The van der Waals surface area contributed by atoms with Crippen LogP contribution in [0.3, 0.4) is 0 Å². The Morgan fingerprint density at radius 1 is 1.26 bits per heavy atom. The Labute approximate surface area is 115 Å². The van der Waals surface area contributed by atoms with Gasteiger partial charge in [-0.3, -0.25) is 4.90 Å². The van der Waals surface area contributed by atoms with Crippen molar-refractivity contribution in [1.29, 1.82) is 5.26 Å². The lowest BCUT2D eigenvalue weighted by Gasteiger charge is -2.29. The van der Waals surface area contributed by atoms with E-state index in [1.807, 2.05) is 44.0 Å². The second-order valence-electron chi connectivity index (χ2n) is 5.02. The molecule has 0 N–H and O–H groups in total. The molecule has 0 spiro atoms. The minimum absolute atomic E-state index is 0.466. The number of nitriles is 1. The smallest absolute Gasteiger partial charge is 0.122 e. The number of hydrogen-bond acceptors (Lipinski definition) is 4. The van der Waals surface area contributed by atoms with Gasteiger partial charge in [-0.15, -0.1) is 0 Å². The lowest BCUT2D eigenvalue weighted by atomic mass is 10.0. The predicted molar refractivity (Wildman–Crippen MR) is 75.6 cm³/mol. The highest BCUT2D eigenvalue weighted by molar-refractivity contribution is 5.40. The van der Waals surface area contributed by atoms with Gasteiger partial charge in [0, 0.05) is 6.54 Å². The van der Waals surface area contributed by atoms with Gasteiger partial charge < -0.3 is 9.47 Å². The first-order valence-electron chi connectivity index (χ1n) is 6.28. The fraction of sp³-hybridized carbons (Fsp3) is 0.533. The molecule has 0 aliphatic carbocycles. The minimum Gasteiger partial charge on any atom is -0.497 e. The maximum Gasteiger partial charge on any atom is 0.122 e. The van der Waals surface area contributed by atoms with E-state index in [0.29, 0.717) is 0 Å². The van der Waals surface area contributed by atoms with E-state index in [-0.39, 0.29) is 0 Å². The minimum atomic E-state index is -0.466. The molecule has 1 aromatic carbocycles. The molecule has 19 heavy (non-hydrogen) atoms. The maximum absolute atomic E-state index is 9.11. The zero-order valence-electron chi connectivity index (χ0n) is 12.4. The maximum atomic E-state index is 9.11. The van der Waals surface area contributed by atoms with Crippen LogP contribution >= 0.6 is 0 Å². The normalized spacial score (nSPS) is 11.2. The number of likely N-dealkylation sites (N-methyl/N-ethyl adjacent to an activating group) is 1. The summed E-state index contributed by atoms with van der Waals surface area (Å²) in [5, 5.41) is 9.11. The van der Waals surface area contributed by atoms with Crippen LogP contribution in [-0.2, 0) is 6.42 Å². The molecule has 0 radical (unpaired) electrons. The van der Waals surface area contributed by atoms with Crippen LogP contribution in [0.2, 0.25) is 0 Å².